The zero-order valence-corrected chi connectivity index (χ0v) is 16.0. The topological polar surface area (TPSA) is 77.1 Å². The van der Waals surface area contributed by atoms with Gasteiger partial charge in [0, 0.05) is 24.5 Å². The molecule has 1 saturated heterocycles. The van der Waals surface area contributed by atoms with Crippen molar-refractivity contribution in [1.82, 2.24) is 0 Å². The molecule has 1 aliphatic rings. The number of morpholine rings is 1. The first-order valence-electron chi connectivity index (χ1n) is 9.16. The molecule has 1 atom stereocenters. The number of benzene rings is 2. The molecule has 0 aromatic heterocycles. The molecule has 3 rings (SSSR count). The molecule has 1 heterocycles. The van der Waals surface area contributed by atoms with Crippen molar-refractivity contribution >= 4 is 23.3 Å². The minimum atomic E-state index is -0.948. The van der Waals surface area contributed by atoms with Crippen LogP contribution in [0.15, 0.2) is 48.5 Å². The van der Waals surface area contributed by atoms with Crippen LogP contribution in [0.5, 0.6) is 5.75 Å². The molecule has 1 aliphatic heterocycles. The lowest BCUT2D eigenvalue weighted by atomic mass is 10.2. The molecule has 28 heavy (non-hydrogen) atoms. The van der Waals surface area contributed by atoms with Crippen LogP contribution < -0.4 is 15.0 Å². The van der Waals surface area contributed by atoms with Gasteiger partial charge >= 0.3 is 5.97 Å². The van der Waals surface area contributed by atoms with Gasteiger partial charge in [0.25, 0.3) is 5.91 Å². The number of methoxy groups -OCH3 is 1. The first-order valence-corrected chi connectivity index (χ1v) is 9.16. The fourth-order valence-corrected chi connectivity index (χ4v) is 2.91. The zero-order chi connectivity index (χ0) is 19.9. The van der Waals surface area contributed by atoms with Gasteiger partial charge in [-0.15, -0.1) is 0 Å². The number of ether oxygens (including phenoxy) is 3. The zero-order valence-electron chi connectivity index (χ0n) is 16.0. The van der Waals surface area contributed by atoms with E-state index in [1.54, 1.807) is 24.3 Å². The summed E-state index contributed by atoms with van der Waals surface area (Å²) in [4.78, 5) is 26.9. The highest BCUT2D eigenvalue weighted by Gasteiger charge is 2.21. The number of anilines is 2. The van der Waals surface area contributed by atoms with E-state index in [1.807, 2.05) is 24.3 Å². The Kier molecular flexibility index (Phi) is 6.49. The van der Waals surface area contributed by atoms with Crippen molar-refractivity contribution in [2.75, 3.05) is 43.6 Å². The summed E-state index contributed by atoms with van der Waals surface area (Å²) in [6.45, 7) is 4.66. The van der Waals surface area contributed by atoms with Crippen molar-refractivity contribution in [3.05, 3.63) is 54.1 Å². The second kappa shape index (κ2) is 9.23. The second-order valence-electron chi connectivity index (χ2n) is 6.38. The van der Waals surface area contributed by atoms with Gasteiger partial charge in [0.05, 0.1) is 20.3 Å². The molecule has 0 spiro atoms. The van der Waals surface area contributed by atoms with Crippen molar-refractivity contribution in [2.45, 2.75) is 13.0 Å². The van der Waals surface area contributed by atoms with E-state index >= 15 is 0 Å². The van der Waals surface area contributed by atoms with Crippen LogP contribution in [0.4, 0.5) is 11.4 Å². The maximum atomic E-state index is 12.4. The first kappa shape index (κ1) is 19.7. The van der Waals surface area contributed by atoms with Crippen LogP contribution in [0, 0.1) is 0 Å². The lowest BCUT2D eigenvalue weighted by Gasteiger charge is -2.28. The highest BCUT2D eigenvalue weighted by atomic mass is 16.5. The number of carbonyl (C=O) groups excluding carboxylic acids is 2. The van der Waals surface area contributed by atoms with Crippen LogP contribution in [0.25, 0.3) is 0 Å². The van der Waals surface area contributed by atoms with Gasteiger partial charge in [-0.1, -0.05) is 12.1 Å². The average molecular weight is 384 g/mol. The van der Waals surface area contributed by atoms with Gasteiger partial charge < -0.3 is 24.4 Å². The number of nitrogens with zero attached hydrogens (tertiary/aromatic N) is 1. The van der Waals surface area contributed by atoms with Crippen molar-refractivity contribution < 1.29 is 23.8 Å². The third-order valence-corrected chi connectivity index (χ3v) is 4.49. The molecule has 0 radical (unpaired) electrons. The number of rotatable bonds is 6. The highest BCUT2D eigenvalue weighted by Crippen LogP contribution is 2.21. The molecule has 2 aromatic rings. The van der Waals surface area contributed by atoms with Crippen LogP contribution in [-0.2, 0) is 14.3 Å². The predicted octanol–water partition coefficient (Wildman–Crippen LogP) is 2.72. The van der Waals surface area contributed by atoms with Gasteiger partial charge in [-0.3, -0.25) is 4.79 Å². The molecule has 0 saturated carbocycles. The lowest BCUT2D eigenvalue weighted by molar-refractivity contribution is -0.123. The summed E-state index contributed by atoms with van der Waals surface area (Å²) in [5, 5.41) is 2.77. The van der Waals surface area contributed by atoms with Gasteiger partial charge in [-0.2, -0.15) is 0 Å². The Morgan fingerprint density at radius 3 is 2.43 bits per heavy atom. The van der Waals surface area contributed by atoms with Crippen molar-refractivity contribution in [3.8, 4) is 5.75 Å². The van der Waals surface area contributed by atoms with Gasteiger partial charge in [-0.05, 0) is 43.3 Å². The van der Waals surface area contributed by atoms with E-state index in [0.717, 1.165) is 18.8 Å². The minimum Gasteiger partial charge on any atom is -0.496 e. The fourth-order valence-electron chi connectivity index (χ4n) is 2.91. The Morgan fingerprint density at radius 1 is 1.07 bits per heavy atom. The first-order chi connectivity index (χ1) is 13.6. The smallest absolute Gasteiger partial charge is 0.342 e. The SMILES string of the molecule is COc1ccccc1C(=O)O[C@@H](C)C(=O)Nc1ccc(N2CCOCC2)cc1. The quantitative estimate of drug-likeness (QED) is 0.772. The molecular weight excluding hydrogens is 360 g/mol. The van der Waals surface area contributed by atoms with Crippen molar-refractivity contribution in [1.29, 1.82) is 0 Å². The van der Waals surface area contributed by atoms with Gasteiger partial charge in [0.15, 0.2) is 6.10 Å². The van der Waals surface area contributed by atoms with E-state index in [9.17, 15) is 9.59 Å². The molecule has 148 valence electrons. The molecule has 0 bridgehead atoms. The summed E-state index contributed by atoms with van der Waals surface area (Å²) >= 11 is 0. The van der Waals surface area contributed by atoms with Gasteiger partial charge in [0.1, 0.15) is 11.3 Å². The lowest BCUT2D eigenvalue weighted by Crippen LogP contribution is -2.36. The van der Waals surface area contributed by atoms with Gasteiger partial charge in [-0.25, -0.2) is 4.79 Å². The van der Waals surface area contributed by atoms with Gasteiger partial charge in [0.2, 0.25) is 0 Å². The minimum absolute atomic E-state index is 0.277. The molecule has 1 N–H and O–H groups in total. The van der Waals surface area contributed by atoms with Crippen LogP contribution in [0.2, 0.25) is 0 Å². The van der Waals surface area contributed by atoms with E-state index in [0.29, 0.717) is 24.7 Å². The van der Waals surface area contributed by atoms with E-state index in [1.165, 1.54) is 14.0 Å². The molecule has 0 aliphatic carbocycles. The largest absolute Gasteiger partial charge is 0.496 e. The molecule has 7 nitrogen and oxygen atoms in total. The number of hydrogen-bond donors (Lipinski definition) is 1. The average Bonchev–Trinajstić information content (AvgIpc) is 2.74. The Labute approximate surface area is 164 Å². The number of carbonyl (C=O) groups is 2. The van der Waals surface area contributed by atoms with E-state index in [-0.39, 0.29) is 5.56 Å². The summed E-state index contributed by atoms with van der Waals surface area (Å²) in [5.74, 6) is -0.607. The number of amides is 1. The molecule has 1 amide bonds. The van der Waals surface area contributed by atoms with E-state index in [2.05, 4.69) is 10.2 Å². The van der Waals surface area contributed by atoms with E-state index < -0.39 is 18.0 Å². The third-order valence-electron chi connectivity index (χ3n) is 4.49. The Balaban J connectivity index is 1.57. The second-order valence-corrected chi connectivity index (χ2v) is 6.38. The summed E-state index contributed by atoms with van der Waals surface area (Å²) in [6, 6.07) is 14.3. The van der Waals surface area contributed by atoms with E-state index in [4.69, 9.17) is 14.2 Å². The summed E-state index contributed by atoms with van der Waals surface area (Å²) < 4.78 is 15.8. The maximum Gasteiger partial charge on any atom is 0.342 e. The standard InChI is InChI=1S/C21H24N2O5/c1-15(28-21(25)18-5-3-4-6-19(18)26-2)20(24)22-16-7-9-17(10-8-16)23-11-13-27-14-12-23/h3-10,15H,11-14H2,1-2H3,(H,22,24)/t15-/m0/s1. The number of nitrogens with one attached hydrogen (secondary N) is 1. The number of hydrogen-bond acceptors (Lipinski definition) is 6. The van der Waals surface area contributed by atoms with Crippen LogP contribution in [0.1, 0.15) is 17.3 Å². The summed E-state index contributed by atoms with van der Waals surface area (Å²) in [5.41, 5.74) is 2.00. The Morgan fingerprint density at radius 2 is 1.75 bits per heavy atom. The fraction of sp³-hybridized carbons (Fsp3) is 0.333. The number of para-hydroxylation sites is 1. The Bertz CT molecular complexity index is 816. The van der Waals surface area contributed by atoms with Crippen LogP contribution in [0.3, 0.4) is 0 Å². The predicted molar refractivity (Wildman–Crippen MR) is 106 cm³/mol. The maximum absolute atomic E-state index is 12.4. The normalized spacial score (nSPS) is 14.9. The van der Waals surface area contributed by atoms with Crippen LogP contribution >= 0.6 is 0 Å². The highest BCUT2D eigenvalue weighted by molar-refractivity contribution is 5.98. The number of esters is 1. The molecule has 0 unspecified atom stereocenters. The molecule has 1 fully saturated rings. The summed E-state index contributed by atoms with van der Waals surface area (Å²) in [6.07, 6.45) is -0.948. The summed E-state index contributed by atoms with van der Waals surface area (Å²) in [7, 11) is 1.48. The van der Waals surface area contributed by atoms with Crippen molar-refractivity contribution in [2.24, 2.45) is 0 Å². The molecule has 7 heteroatoms. The van der Waals surface area contributed by atoms with Crippen molar-refractivity contribution in [3.63, 3.8) is 0 Å². The van der Waals surface area contributed by atoms with Crippen LogP contribution in [-0.4, -0.2) is 51.4 Å². The molecular formula is C21H24N2O5. The Hall–Kier alpha value is -3.06. The third kappa shape index (κ3) is 4.80. The monoisotopic (exact) mass is 384 g/mol. The molecule has 2 aromatic carbocycles.